The number of rotatable bonds is 6. The molecule has 0 bridgehead atoms. The number of nitrogens with one attached hydrogen (secondary N) is 1. The molecule has 0 aliphatic rings. The highest BCUT2D eigenvalue weighted by molar-refractivity contribution is 5.44. The zero-order valence-electron chi connectivity index (χ0n) is 9.55. The number of ether oxygens (including phenoxy) is 1. The Morgan fingerprint density at radius 1 is 1.35 bits per heavy atom. The average Bonchev–Trinajstić information content (AvgIpc) is 2.25. The van der Waals surface area contributed by atoms with Crippen molar-refractivity contribution in [3.63, 3.8) is 0 Å². The Bertz CT molecular complexity index is 342. The maximum atomic E-state index is 11.9. The van der Waals surface area contributed by atoms with Crippen LogP contribution in [0, 0.1) is 0 Å². The molecule has 1 heterocycles. The van der Waals surface area contributed by atoms with Crippen LogP contribution in [0.2, 0.25) is 0 Å². The van der Waals surface area contributed by atoms with Crippen molar-refractivity contribution >= 4 is 5.69 Å². The van der Waals surface area contributed by atoms with E-state index in [9.17, 15) is 13.2 Å². The van der Waals surface area contributed by atoms with E-state index in [2.05, 4.69) is 10.3 Å². The molecule has 0 saturated carbocycles. The Balaban J connectivity index is 2.43. The summed E-state index contributed by atoms with van der Waals surface area (Å²) in [6, 6.07) is 1.64. The fraction of sp³-hybridized carbons (Fsp3) is 0.545. The van der Waals surface area contributed by atoms with Gasteiger partial charge in [0.2, 0.25) is 0 Å². The molecule has 3 nitrogen and oxygen atoms in total. The maximum absolute atomic E-state index is 11.9. The monoisotopic (exact) mass is 248 g/mol. The van der Waals surface area contributed by atoms with Gasteiger partial charge in [-0.1, -0.05) is 6.92 Å². The molecule has 96 valence electrons. The highest BCUT2D eigenvalue weighted by Gasteiger charge is 2.26. The number of aromatic nitrogens is 1. The third-order valence-corrected chi connectivity index (χ3v) is 1.95. The van der Waals surface area contributed by atoms with Crippen LogP contribution in [0.1, 0.15) is 19.8 Å². The van der Waals surface area contributed by atoms with Crippen molar-refractivity contribution in [2.45, 2.75) is 25.9 Å². The quantitative estimate of drug-likeness (QED) is 0.839. The maximum Gasteiger partial charge on any atom is 0.392 e. The first-order chi connectivity index (χ1) is 8.01. The van der Waals surface area contributed by atoms with E-state index in [1.165, 1.54) is 6.20 Å². The van der Waals surface area contributed by atoms with E-state index in [0.717, 1.165) is 18.7 Å². The highest BCUT2D eigenvalue weighted by Crippen LogP contribution is 2.21. The van der Waals surface area contributed by atoms with E-state index in [4.69, 9.17) is 4.74 Å². The SMILES string of the molecule is CCCNc1cncc(OCCC(F)(F)F)c1. The van der Waals surface area contributed by atoms with Gasteiger partial charge in [-0.3, -0.25) is 4.98 Å². The Hall–Kier alpha value is -1.46. The van der Waals surface area contributed by atoms with E-state index < -0.39 is 12.6 Å². The van der Waals surface area contributed by atoms with Gasteiger partial charge in [-0.15, -0.1) is 0 Å². The first-order valence-corrected chi connectivity index (χ1v) is 5.40. The summed E-state index contributed by atoms with van der Waals surface area (Å²) in [4.78, 5) is 3.88. The number of nitrogens with zero attached hydrogens (tertiary/aromatic N) is 1. The van der Waals surface area contributed by atoms with E-state index in [0.29, 0.717) is 5.75 Å². The topological polar surface area (TPSA) is 34.2 Å². The molecular weight excluding hydrogens is 233 g/mol. The van der Waals surface area contributed by atoms with Crippen LogP contribution in [0.25, 0.3) is 0 Å². The third kappa shape index (κ3) is 5.99. The second-order valence-electron chi connectivity index (χ2n) is 3.55. The molecule has 0 saturated heterocycles. The molecule has 1 rings (SSSR count). The largest absolute Gasteiger partial charge is 0.492 e. The minimum absolute atomic E-state index is 0.343. The van der Waals surface area contributed by atoms with Gasteiger partial charge in [-0.25, -0.2) is 0 Å². The number of anilines is 1. The lowest BCUT2D eigenvalue weighted by atomic mass is 10.3. The Morgan fingerprint density at radius 2 is 2.12 bits per heavy atom. The van der Waals surface area contributed by atoms with Crippen molar-refractivity contribution < 1.29 is 17.9 Å². The molecule has 0 amide bonds. The molecule has 0 aliphatic carbocycles. The van der Waals surface area contributed by atoms with Crippen LogP contribution in [-0.4, -0.2) is 24.3 Å². The Morgan fingerprint density at radius 3 is 2.76 bits per heavy atom. The molecule has 6 heteroatoms. The molecule has 17 heavy (non-hydrogen) atoms. The predicted octanol–water partition coefficient (Wildman–Crippen LogP) is 3.23. The zero-order chi connectivity index (χ0) is 12.7. The minimum Gasteiger partial charge on any atom is -0.492 e. The summed E-state index contributed by atoms with van der Waals surface area (Å²) >= 11 is 0. The highest BCUT2D eigenvalue weighted by atomic mass is 19.4. The second-order valence-corrected chi connectivity index (χ2v) is 3.55. The Labute approximate surface area is 98.0 Å². The number of hydrogen-bond donors (Lipinski definition) is 1. The number of hydrogen-bond acceptors (Lipinski definition) is 3. The van der Waals surface area contributed by atoms with Crippen LogP contribution < -0.4 is 10.1 Å². The molecule has 0 spiro atoms. The fourth-order valence-electron chi connectivity index (χ4n) is 1.15. The molecule has 0 fully saturated rings. The van der Waals surface area contributed by atoms with Gasteiger partial charge in [-0.05, 0) is 6.42 Å². The molecule has 0 aliphatic heterocycles. The molecule has 1 N–H and O–H groups in total. The smallest absolute Gasteiger partial charge is 0.392 e. The normalized spacial score (nSPS) is 11.3. The molecule has 0 aromatic carbocycles. The summed E-state index contributed by atoms with van der Waals surface area (Å²) in [5, 5.41) is 3.08. The van der Waals surface area contributed by atoms with Crippen molar-refractivity contribution in [3.8, 4) is 5.75 Å². The lowest BCUT2D eigenvalue weighted by Gasteiger charge is -2.10. The zero-order valence-corrected chi connectivity index (χ0v) is 9.55. The van der Waals surface area contributed by atoms with Gasteiger partial charge < -0.3 is 10.1 Å². The van der Waals surface area contributed by atoms with Crippen molar-refractivity contribution in [2.75, 3.05) is 18.5 Å². The van der Waals surface area contributed by atoms with Gasteiger partial charge in [0.25, 0.3) is 0 Å². The summed E-state index contributed by atoms with van der Waals surface area (Å²) in [5.74, 6) is 0.343. The molecular formula is C11H15F3N2O. The average molecular weight is 248 g/mol. The molecule has 0 atom stereocenters. The fourth-order valence-corrected chi connectivity index (χ4v) is 1.15. The van der Waals surface area contributed by atoms with Crippen molar-refractivity contribution in [1.29, 1.82) is 0 Å². The number of pyridine rings is 1. The summed E-state index contributed by atoms with van der Waals surface area (Å²) in [6.45, 7) is 2.42. The van der Waals surface area contributed by atoms with Crippen molar-refractivity contribution in [1.82, 2.24) is 4.98 Å². The second kappa shape index (κ2) is 6.32. The van der Waals surface area contributed by atoms with Gasteiger partial charge in [0.15, 0.2) is 0 Å². The lowest BCUT2D eigenvalue weighted by Crippen LogP contribution is -2.13. The van der Waals surface area contributed by atoms with Gasteiger partial charge in [-0.2, -0.15) is 13.2 Å². The first kappa shape index (κ1) is 13.6. The summed E-state index contributed by atoms with van der Waals surface area (Å²) in [7, 11) is 0. The van der Waals surface area contributed by atoms with Crippen LogP contribution in [-0.2, 0) is 0 Å². The first-order valence-electron chi connectivity index (χ1n) is 5.40. The van der Waals surface area contributed by atoms with Crippen LogP contribution in [0.5, 0.6) is 5.75 Å². The molecule has 0 radical (unpaired) electrons. The number of halogens is 3. The van der Waals surface area contributed by atoms with Crippen molar-refractivity contribution in [3.05, 3.63) is 18.5 Å². The van der Waals surface area contributed by atoms with Gasteiger partial charge in [0.05, 0.1) is 31.1 Å². The summed E-state index contributed by atoms with van der Waals surface area (Å²) < 4.78 is 40.7. The van der Waals surface area contributed by atoms with Crippen molar-refractivity contribution in [2.24, 2.45) is 0 Å². The van der Waals surface area contributed by atoms with Crippen LogP contribution in [0.3, 0.4) is 0 Å². The van der Waals surface area contributed by atoms with E-state index in [1.54, 1.807) is 12.3 Å². The lowest BCUT2D eigenvalue weighted by molar-refractivity contribution is -0.139. The van der Waals surface area contributed by atoms with Gasteiger partial charge in [0.1, 0.15) is 5.75 Å². The minimum atomic E-state index is -4.19. The van der Waals surface area contributed by atoms with Crippen LogP contribution >= 0.6 is 0 Å². The van der Waals surface area contributed by atoms with E-state index in [-0.39, 0.29) is 6.61 Å². The summed E-state index contributed by atoms with van der Waals surface area (Å²) in [5.41, 5.74) is 0.747. The van der Waals surface area contributed by atoms with E-state index in [1.807, 2.05) is 6.92 Å². The molecule has 1 aromatic rings. The van der Waals surface area contributed by atoms with E-state index >= 15 is 0 Å². The van der Waals surface area contributed by atoms with Gasteiger partial charge >= 0.3 is 6.18 Å². The van der Waals surface area contributed by atoms with Crippen LogP contribution in [0.15, 0.2) is 18.5 Å². The third-order valence-electron chi connectivity index (χ3n) is 1.95. The van der Waals surface area contributed by atoms with Gasteiger partial charge in [0, 0.05) is 12.6 Å². The Kier molecular flexibility index (Phi) is 5.06. The summed E-state index contributed by atoms with van der Waals surface area (Å²) in [6.07, 6.45) is -1.19. The number of alkyl halides is 3. The standard InChI is InChI=1S/C11H15F3N2O/c1-2-4-16-9-6-10(8-15-7-9)17-5-3-11(12,13)14/h6-8,16H,2-5H2,1H3. The molecule has 0 unspecified atom stereocenters. The molecule has 1 aromatic heterocycles. The van der Waals surface area contributed by atoms with Crippen LogP contribution in [0.4, 0.5) is 18.9 Å². The predicted molar refractivity (Wildman–Crippen MR) is 59.2 cm³/mol.